The molecule has 0 amide bonds. The number of carbonyl (C=O) groups excluding carboxylic acids is 1. The molecule has 1 aromatic heterocycles. The molecule has 0 saturated carbocycles. The Bertz CT molecular complexity index is 361. The Morgan fingerprint density at radius 1 is 1.35 bits per heavy atom. The molecule has 5 nitrogen and oxygen atoms in total. The van der Waals surface area contributed by atoms with Crippen molar-refractivity contribution in [2.24, 2.45) is 5.92 Å². The van der Waals surface area contributed by atoms with E-state index in [0.717, 1.165) is 24.8 Å². The number of carbonyl (C=O) groups is 1. The second-order valence-corrected chi connectivity index (χ2v) is 4.78. The average Bonchev–Trinajstić information content (AvgIpc) is 2.69. The van der Waals surface area contributed by atoms with Crippen LogP contribution in [-0.2, 0) is 6.42 Å². The van der Waals surface area contributed by atoms with E-state index in [1.54, 1.807) is 4.68 Å². The highest BCUT2D eigenvalue weighted by Crippen LogP contribution is 2.17. The summed E-state index contributed by atoms with van der Waals surface area (Å²) in [6, 6.07) is 0.0726. The van der Waals surface area contributed by atoms with Crippen molar-refractivity contribution in [2.45, 2.75) is 46.1 Å². The average molecular weight is 239 g/mol. The van der Waals surface area contributed by atoms with E-state index in [9.17, 15) is 4.79 Å². The molecule has 17 heavy (non-hydrogen) atoms. The topological polar surface area (TPSA) is 68.0 Å². The normalized spacial score (nSPS) is 13.0. The van der Waals surface area contributed by atoms with E-state index in [1.807, 2.05) is 6.92 Å². The first kappa shape index (κ1) is 13.8. The second-order valence-electron chi connectivity index (χ2n) is 4.78. The highest BCUT2D eigenvalue weighted by molar-refractivity contribution is 5.73. The van der Waals surface area contributed by atoms with Gasteiger partial charge in [-0.25, -0.2) is 4.68 Å². The van der Waals surface area contributed by atoms with E-state index >= 15 is 0 Å². The van der Waals surface area contributed by atoms with Crippen molar-refractivity contribution in [3.05, 3.63) is 11.4 Å². The third kappa shape index (κ3) is 3.63. The van der Waals surface area contributed by atoms with Gasteiger partial charge in [-0.3, -0.25) is 4.79 Å². The van der Waals surface area contributed by atoms with Gasteiger partial charge in [-0.15, -0.1) is 5.10 Å². The molecule has 0 aliphatic heterocycles. The molecule has 0 saturated heterocycles. The van der Waals surface area contributed by atoms with Gasteiger partial charge in [0.25, 0.3) is 0 Å². The summed E-state index contributed by atoms with van der Waals surface area (Å²) >= 11 is 0. The number of aliphatic hydroxyl groups is 1. The van der Waals surface area contributed by atoms with Crippen molar-refractivity contribution in [1.29, 1.82) is 0 Å². The van der Waals surface area contributed by atoms with Crippen LogP contribution in [0.2, 0.25) is 0 Å². The van der Waals surface area contributed by atoms with E-state index in [0.29, 0.717) is 18.0 Å². The Morgan fingerprint density at radius 3 is 2.59 bits per heavy atom. The first-order valence-corrected chi connectivity index (χ1v) is 6.10. The zero-order valence-corrected chi connectivity index (χ0v) is 10.8. The van der Waals surface area contributed by atoms with Gasteiger partial charge in [0.15, 0.2) is 6.29 Å². The van der Waals surface area contributed by atoms with Crippen molar-refractivity contribution >= 4 is 6.29 Å². The third-order valence-corrected chi connectivity index (χ3v) is 2.86. The minimum Gasteiger partial charge on any atom is -0.396 e. The van der Waals surface area contributed by atoms with Crippen LogP contribution in [0.4, 0.5) is 0 Å². The molecule has 96 valence electrons. The van der Waals surface area contributed by atoms with Crippen molar-refractivity contribution in [1.82, 2.24) is 15.0 Å². The number of rotatable bonds is 7. The lowest BCUT2D eigenvalue weighted by atomic mass is 10.0. The molecule has 1 rings (SSSR count). The molecular formula is C12H21N3O2. The summed E-state index contributed by atoms with van der Waals surface area (Å²) in [5.74, 6) is 0.575. The quantitative estimate of drug-likeness (QED) is 0.734. The summed E-state index contributed by atoms with van der Waals surface area (Å²) in [5, 5.41) is 16.8. The Labute approximate surface area is 102 Å². The van der Waals surface area contributed by atoms with Crippen LogP contribution in [0, 0.1) is 5.92 Å². The van der Waals surface area contributed by atoms with Crippen molar-refractivity contribution < 1.29 is 9.90 Å². The number of hydrogen-bond donors (Lipinski definition) is 1. The Balaban J connectivity index is 2.88. The molecule has 1 heterocycles. The zero-order valence-electron chi connectivity index (χ0n) is 10.8. The van der Waals surface area contributed by atoms with Crippen LogP contribution in [0.3, 0.4) is 0 Å². The van der Waals surface area contributed by atoms with Crippen LogP contribution in [-0.4, -0.2) is 33.0 Å². The maximum absolute atomic E-state index is 10.9. The molecule has 1 atom stereocenters. The van der Waals surface area contributed by atoms with Gasteiger partial charge in [0, 0.05) is 6.61 Å². The summed E-state index contributed by atoms with van der Waals surface area (Å²) in [6.07, 6.45) is 3.18. The molecule has 0 bridgehead atoms. The van der Waals surface area contributed by atoms with Gasteiger partial charge in [0.1, 0.15) is 5.69 Å². The fraction of sp³-hybridized carbons (Fsp3) is 0.750. The predicted octanol–water partition coefficient (Wildman–Crippen LogP) is 1.62. The van der Waals surface area contributed by atoms with E-state index in [2.05, 4.69) is 24.2 Å². The fourth-order valence-electron chi connectivity index (χ4n) is 1.75. The minimum atomic E-state index is 0.0726. The third-order valence-electron chi connectivity index (χ3n) is 2.86. The summed E-state index contributed by atoms with van der Waals surface area (Å²) in [4.78, 5) is 10.9. The number of hydrogen-bond acceptors (Lipinski definition) is 4. The number of aliphatic hydroxyl groups excluding tert-OH is 1. The van der Waals surface area contributed by atoms with Gasteiger partial charge < -0.3 is 5.11 Å². The van der Waals surface area contributed by atoms with E-state index < -0.39 is 0 Å². The summed E-state index contributed by atoms with van der Waals surface area (Å²) in [6.45, 7) is 6.37. The van der Waals surface area contributed by atoms with Crippen LogP contribution >= 0.6 is 0 Å². The first-order chi connectivity index (χ1) is 8.10. The van der Waals surface area contributed by atoms with Gasteiger partial charge in [-0.1, -0.05) is 19.1 Å². The van der Waals surface area contributed by atoms with Gasteiger partial charge in [-0.05, 0) is 32.1 Å². The summed E-state index contributed by atoms with van der Waals surface area (Å²) in [7, 11) is 0. The van der Waals surface area contributed by atoms with Crippen molar-refractivity contribution in [3.63, 3.8) is 0 Å². The fourth-order valence-corrected chi connectivity index (χ4v) is 1.75. The monoisotopic (exact) mass is 239 g/mol. The van der Waals surface area contributed by atoms with E-state index in [-0.39, 0.29) is 12.6 Å². The van der Waals surface area contributed by atoms with Crippen LogP contribution in [0.25, 0.3) is 0 Å². The number of nitrogens with zero attached hydrogens (tertiary/aromatic N) is 3. The zero-order chi connectivity index (χ0) is 12.8. The first-order valence-electron chi connectivity index (χ1n) is 6.10. The lowest BCUT2D eigenvalue weighted by molar-refractivity contribution is 0.111. The lowest BCUT2D eigenvalue weighted by Gasteiger charge is -2.14. The van der Waals surface area contributed by atoms with Gasteiger partial charge in [0.2, 0.25) is 0 Å². The van der Waals surface area contributed by atoms with E-state index in [1.165, 1.54) is 0 Å². The van der Waals surface area contributed by atoms with Crippen LogP contribution in [0.1, 0.15) is 55.8 Å². The maximum Gasteiger partial charge on any atom is 0.172 e. The Kier molecular flexibility index (Phi) is 5.28. The Hall–Kier alpha value is -1.23. The maximum atomic E-state index is 10.9. The molecule has 1 unspecified atom stereocenters. The van der Waals surface area contributed by atoms with Crippen molar-refractivity contribution in [3.8, 4) is 0 Å². The van der Waals surface area contributed by atoms with E-state index in [4.69, 9.17) is 5.11 Å². The standard InChI is InChI=1S/C12H21N3O2/c1-9(2)4-5-12-11(8-17)13-14-15(12)10(3)6-7-16/h8-10,16H,4-7H2,1-3H3. The summed E-state index contributed by atoms with van der Waals surface area (Å²) < 4.78 is 1.77. The van der Waals surface area contributed by atoms with Crippen LogP contribution < -0.4 is 0 Å². The summed E-state index contributed by atoms with van der Waals surface area (Å²) in [5.41, 5.74) is 1.31. The number of aromatic nitrogens is 3. The second kappa shape index (κ2) is 6.49. The van der Waals surface area contributed by atoms with Gasteiger partial charge >= 0.3 is 0 Å². The molecule has 1 aromatic rings. The highest BCUT2D eigenvalue weighted by Gasteiger charge is 2.16. The Morgan fingerprint density at radius 2 is 2.06 bits per heavy atom. The van der Waals surface area contributed by atoms with Gasteiger partial charge in [0.05, 0.1) is 11.7 Å². The predicted molar refractivity (Wildman–Crippen MR) is 65.0 cm³/mol. The van der Waals surface area contributed by atoms with Crippen LogP contribution in [0.15, 0.2) is 0 Å². The van der Waals surface area contributed by atoms with Gasteiger partial charge in [-0.2, -0.15) is 0 Å². The smallest absolute Gasteiger partial charge is 0.172 e. The number of aldehydes is 1. The minimum absolute atomic E-state index is 0.0726. The molecule has 0 aliphatic rings. The molecule has 0 spiro atoms. The molecule has 0 fully saturated rings. The molecular weight excluding hydrogens is 218 g/mol. The molecule has 1 N–H and O–H groups in total. The lowest BCUT2D eigenvalue weighted by Crippen LogP contribution is -2.13. The van der Waals surface area contributed by atoms with Crippen LogP contribution in [0.5, 0.6) is 0 Å². The largest absolute Gasteiger partial charge is 0.396 e. The molecule has 5 heteroatoms. The molecule has 0 aromatic carbocycles. The van der Waals surface area contributed by atoms with Crippen molar-refractivity contribution in [2.75, 3.05) is 6.61 Å². The molecule has 0 radical (unpaired) electrons. The molecule has 0 aliphatic carbocycles. The SMILES string of the molecule is CC(C)CCc1c(C=O)nnn1C(C)CCO. The highest BCUT2D eigenvalue weighted by atomic mass is 16.3.